The number of pyridine rings is 1. The van der Waals surface area contributed by atoms with E-state index < -0.39 is 0 Å². The number of oxazole rings is 1. The summed E-state index contributed by atoms with van der Waals surface area (Å²) >= 11 is 0. The van der Waals surface area contributed by atoms with Crippen molar-refractivity contribution in [3.8, 4) is 11.3 Å². The molecule has 150 valence electrons. The third-order valence-corrected chi connectivity index (χ3v) is 5.61. The Hall–Kier alpha value is -2.95. The van der Waals surface area contributed by atoms with Gasteiger partial charge in [-0.25, -0.2) is 4.98 Å². The summed E-state index contributed by atoms with van der Waals surface area (Å²) < 4.78 is 5.89. The highest BCUT2D eigenvalue weighted by atomic mass is 16.4. The van der Waals surface area contributed by atoms with Crippen molar-refractivity contribution >= 4 is 5.91 Å². The molecule has 0 aliphatic carbocycles. The van der Waals surface area contributed by atoms with E-state index in [2.05, 4.69) is 29.0 Å². The van der Waals surface area contributed by atoms with Gasteiger partial charge in [0, 0.05) is 37.3 Å². The molecule has 0 spiro atoms. The average molecular weight is 389 g/mol. The van der Waals surface area contributed by atoms with Crippen LogP contribution >= 0.6 is 0 Å². The SMILES string of the molecule is Cc1ccc(-c2cnc(CCC(=O)N3CCCCCC3c3ccncc3)o2)cc1. The number of amides is 1. The first-order valence-electron chi connectivity index (χ1n) is 10.4. The van der Waals surface area contributed by atoms with Crippen LogP contribution in [0.5, 0.6) is 0 Å². The highest BCUT2D eigenvalue weighted by Crippen LogP contribution is 2.30. The molecule has 2 aromatic heterocycles. The van der Waals surface area contributed by atoms with E-state index in [4.69, 9.17) is 4.42 Å². The molecular weight excluding hydrogens is 362 g/mol. The van der Waals surface area contributed by atoms with Crippen LogP contribution < -0.4 is 0 Å². The molecule has 0 radical (unpaired) electrons. The van der Waals surface area contributed by atoms with Gasteiger partial charge in [-0.3, -0.25) is 9.78 Å². The van der Waals surface area contributed by atoms with Gasteiger partial charge in [0.15, 0.2) is 11.7 Å². The summed E-state index contributed by atoms with van der Waals surface area (Å²) in [6, 6.07) is 12.4. The lowest BCUT2D eigenvalue weighted by atomic mass is 10.0. The van der Waals surface area contributed by atoms with Gasteiger partial charge in [0.1, 0.15) is 0 Å². The Balaban J connectivity index is 1.42. The van der Waals surface area contributed by atoms with Gasteiger partial charge >= 0.3 is 0 Å². The normalized spacial score (nSPS) is 17.1. The van der Waals surface area contributed by atoms with E-state index >= 15 is 0 Å². The number of nitrogens with zero attached hydrogens (tertiary/aromatic N) is 3. The number of likely N-dealkylation sites (tertiary alicyclic amines) is 1. The molecule has 0 bridgehead atoms. The molecule has 1 aromatic carbocycles. The standard InChI is InChI=1S/C24H27N3O2/c1-18-6-8-20(9-7-18)22-17-26-23(29-22)10-11-24(28)27-16-4-2-3-5-21(27)19-12-14-25-15-13-19/h6-9,12-15,17,21H,2-5,10-11,16H2,1H3. The molecule has 5 heteroatoms. The lowest BCUT2D eigenvalue weighted by Gasteiger charge is -2.30. The zero-order chi connectivity index (χ0) is 20.1. The number of hydrogen-bond donors (Lipinski definition) is 0. The second-order valence-electron chi connectivity index (χ2n) is 7.72. The van der Waals surface area contributed by atoms with Gasteiger partial charge in [-0.2, -0.15) is 0 Å². The summed E-state index contributed by atoms with van der Waals surface area (Å²) in [5, 5.41) is 0. The molecule has 1 fully saturated rings. The minimum atomic E-state index is 0.140. The molecule has 3 heterocycles. The van der Waals surface area contributed by atoms with Crippen LogP contribution in [0.15, 0.2) is 59.4 Å². The van der Waals surface area contributed by atoms with Crippen LogP contribution in [0.2, 0.25) is 0 Å². The summed E-state index contributed by atoms with van der Waals surface area (Å²) in [6.45, 7) is 2.87. The van der Waals surface area contributed by atoms with E-state index in [1.54, 1.807) is 6.20 Å². The number of rotatable bonds is 5. The average Bonchev–Trinajstić information content (AvgIpc) is 3.09. The van der Waals surface area contributed by atoms with Crippen LogP contribution in [-0.2, 0) is 11.2 Å². The first kappa shape index (κ1) is 19.4. The number of carbonyl (C=O) groups excluding carboxylic acids is 1. The maximum Gasteiger partial charge on any atom is 0.223 e. The van der Waals surface area contributed by atoms with Crippen molar-refractivity contribution in [1.29, 1.82) is 0 Å². The van der Waals surface area contributed by atoms with E-state index in [1.807, 2.05) is 41.6 Å². The van der Waals surface area contributed by atoms with Crippen molar-refractivity contribution in [3.05, 3.63) is 72.0 Å². The quantitative estimate of drug-likeness (QED) is 0.607. The minimum absolute atomic E-state index is 0.140. The van der Waals surface area contributed by atoms with Crippen molar-refractivity contribution in [1.82, 2.24) is 14.9 Å². The third-order valence-electron chi connectivity index (χ3n) is 5.61. The molecule has 5 nitrogen and oxygen atoms in total. The molecule has 29 heavy (non-hydrogen) atoms. The maximum atomic E-state index is 13.1. The predicted molar refractivity (Wildman–Crippen MR) is 112 cm³/mol. The van der Waals surface area contributed by atoms with Crippen LogP contribution in [-0.4, -0.2) is 27.3 Å². The Labute approximate surface area is 171 Å². The summed E-state index contributed by atoms with van der Waals surface area (Å²) in [7, 11) is 0. The Kier molecular flexibility index (Phi) is 6.03. The molecule has 1 unspecified atom stereocenters. The molecule has 1 atom stereocenters. The van der Waals surface area contributed by atoms with Crippen molar-refractivity contribution in [2.75, 3.05) is 6.54 Å². The van der Waals surface area contributed by atoms with Gasteiger partial charge in [-0.15, -0.1) is 0 Å². The fraction of sp³-hybridized carbons (Fsp3) is 0.375. The Morgan fingerprint density at radius 3 is 2.69 bits per heavy atom. The van der Waals surface area contributed by atoms with Crippen molar-refractivity contribution in [2.24, 2.45) is 0 Å². The highest BCUT2D eigenvalue weighted by molar-refractivity contribution is 5.77. The van der Waals surface area contributed by atoms with E-state index in [0.29, 0.717) is 18.7 Å². The Morgan fingerprint density at radius 1 is 1.10 bits per heavy atom. The molecule has 1 saturated heterocycles. The fourth-order valence-corrected chi connectivity index (χ4v) is 3.97. The predicted octanol–water partition coefficient (Wildman–Crippen LogP) is 5.12. The number of carbonyl (C=O) groups is 1. The number of aryl methyl sites for hydroxylation is 2. The monoisotopic (exact) mass is 389 g/mol. The maximum absolute atomic E-state index is 13.1. The van der Waals surface area contributed by atoms with Crippen molar-refractivity contribution < 1.29 is 9.21 Å². The van der Waals surface area contributed by atoms with Crippen molar-refractivity contribution in [2.45, 2.75) is 51.5 Å². The van der Waals surface area contributed by atoms with Crippen LogP contribution in [0.4, 0.5) is 0 Å². The van der Waals surface area contributed by atoms with Gasteiger partial charge in [0.05, 0.1) is 12.2 Å². The number of benzene rings is 1. The van der Waals surface area contributed by atoms with Gasteiger partial charge < -0.3 is 9.32 Å². The lowest BCUT2D eigenvalue weighted by molar-refractivity contribution is -0.133. The third kappa shape index (κ3) is 4.73. The topological polar surface area (TPSA) is 59.2 Å². The zero-order valence-corrected chi connectivity index (χ0v) is 16.9. The Bertz CT molecular complexity index is 934. The van der Waals surface area contributed by atoms with Gasteiger partial charge in [-0.05, 0) is 37.5 Å². The zero-order valence-electron chi connectivity index (χ0n) is 16.9. The van der Waals surface area contributed by atoms with Crippen LogP contribution in [0.25, 0.3) is 11.3 Å². The molecule has 0 saturated carbocycles. The van der Waals surface area contributed by atoms with Gasteiger partial charge in [-0.1, -0.05) is 42.7 Å². The van der Waals surface area contributed by atoms with Crippen molar-refractivity contribution in [3.63, 3.8) is 0 Å². The summed E-state index contributed by atoms with van der Waals surface area (Å²) in [5.74, 6) is 1.53. The fourth-order valence-electron chi connectivity index (χ4n) is 3.97. The van der Waals surface area contributed by atoms with E-state index in [0.717, 1.165) is 37.1 Å². The minimum Gasteiger partial charge on any atom is -0.441 e. The van der Waals surface area contributed by atoms with Crippen LogP contribution in [0, 0.1) is 6.92 Å². The van der Waals surface area contributed by atoms with E-state index in [1.165, 1.54) is 17.5 Å². The second kappa shape index (κ2) is 9.03. The molecule has 4 rings (SSSR count). The molecule has 0 N–H and O–H groups in total. The van der Waals surface area contributed by atoms with E-state index in [9.17, 15) is 4.79 Å². The second-order valence-corrected chi connectivity index (χ2v) is 7.72. The van der Waals surface area contributed by atoms with Gasteiger partial charge in [0.2, 0.25) is 5.91 Å². The molecule has 3 aromatic rings. The molecule has 1 aliphatic heterocycles. The van der Waals surface area contributed by atoms with Crippen LogP contribution in [0.3, 0.4) is 0 Å². The summed E-state index contributed by atoms with van der Waals surface area (Å²) in [5.41, 5.74) is 3.39. The molecule has 1 amide bonds. The first-order valence-corrected chi connectivity index (χ1v) is 10.4. The smallest absolute Gasteiger partial charge is 0.223 e. The Morgan fingerprint density at radius 2 is 1.90 bits per heavy atom. The van der Waals surface area contributed by atoms with Crippen LogP contribution in [0.1, 0.15) is 55.2 Å². The first-order chi connectivity index (χ1) is 14.2. The summed E-state index contributed by atoms with van der Waals surface area (Å²) in [6.07, 6.45) is 10.7. The summed E-state index contributed by atoms with van der Waals surface area (Å²) in [4.78, 5) is 23.6. The molecular formula is C24H27N3O2. The number of hydrogen-bond acceptors (Lipinski definition) is 4. The lowest BCUT2D eigenvalue weighted by Crippen LogP contribution is -2.35. The van der Waals surface area contributed by atoms with Gasteiger partial charge in [0.25, 0.3) is 0 Å². The van der Waals surface area contributed by atoms with E-state index in [-0.39, 0.29) is 11.9 Å². The largest absolute Gasteiger partial charge is 0.441 e. The highest BCUT2D eigenvalue weighted by Gasteiger charge is 2.26. The molecule has 1 aliphatic rings. The number of aromatic nitrogens is 2.